The molecule has 11 heteroatoms. The Labute approximate surface area is 163 Å². The van der Waals surface area contributed by atoms with Gasteiger partial charge in [-0.1, -0.05) is 30.3 Å². The van der Waals surface area contributed by atoms with Gasteiger partial charge in [0.1, 0.15) is 0 Å². The summed E-state index contributed by atoms with van der Waals surface area (Å²) in [7, 11) is 0. The lowest BCUT2D eigenvalue weighted by molar-refractivity contribution is -0.383. The zero-order chi connectivity index (χ0) is 21.2. The van der Waals surface area contributed by atoms with Gasteiger partial charge in [0.05, 0.1) is 10.5 Å². The van der Waals surface area contributed by atoms with Crippen LogP contribution in [0.4, 0.5) is 24.7 Å². The van der Waals surface area contributed by atoms with E-state index in [1.54, 1.807) is 12.3 Å². The van der Waals surface area contributed by atoms with Crippen molar-refractivity contribution in [2.45, 2.75) is 6.18 Å². The number of anilines is 1. The summed E-state index contributed by atoms with van der Waals surface area (Å²) in [5.41, 5.74) is 1.88. The van der Waals surface area contributed by atoms with E-state index in [0.717, 1.165) is 31.7 Å². The SMILES string of the molecule is O=C(O)C(F)(F)F.O=[N+]([O-])c1c(-c2ccccc2)ccnc1N1CC2(CNC2)C1. The molecule has 1 aromatic carbocycles. The Morgan fingerprint density at radius 1 is 1.21 bits per heavy atom. The molecule has 2 aromatic rings. The van der Waals surface area contributed by atoms with Gasteiger partial charge in [-0.05, 0) is 11.6 Å². The average Bonchev–Trinajstić information content (AvgIpc) is 2.59. The Morgan fingerprint density at radius 3 is 2.24 bits per heavy atom. The van der Waals surface area contributed by atoms with Gasteiger partial charge >= 0.3 is 17.8 Å². The molecule has 29 heavy (non-hydrogen) atoms. The van der Waals surface area contributed by atoms with Crippen molar-refractivity contribution in [2.75, 3.05) is 31.1 Å². The number of hydrogen-bond donors (Lipinski definition) is 2. The molecule has 3 heterocycles. The molecule has 154 valence electrons. The largest absolute Gasteiger partial charge is 0.490 e. The third-order valence-electron chi connectivity index (χ3n) is 4.77. The van der Waals surface area contributed by atoms with Gasteiger partial charge < -0.3 is 15.3 Å². The highest BCUT2D eigenvalue weighted by molar-refractivity contribution is 5.80. The van der Waals surface area contributed by atoms with Gasteiger partial charge in [-0.25, -0.2) is 9.78 Å². The topological polar surface area (TPSA) is 109 Å². The van der Waals surface area contributed by atoms with Crippen LogP contribution in [-0.2, 0) is 4.79 Å². The number of benzene rings is 1. The quantitative estimate of drug-likeness (QED) is 0.592. The minimum Gasteiger partial charge on any atom is -0.475 e. The molecule has 2 fully saturated rings. The molecule has 8 nitrogen and oxygen atoms in total. The standard InChI is InChI=1S/C16H16N4O2.C2HF3O2/c21-20(22)14-13(12-4-2-1-3-5-12)6-7-18-15(14)19-10-16(11-19)8-17-9-16;3-2(4,5)1(6)7/h1-7,17H,8-11H2;(H,6,7). The first-order valence-corrected chi connectivity index (χ1v) is 8.58. The molecule has 4 rings (SSSR count). The second-order valence-electron chi connectivity index (χ2n) is 6.92. The fraction of sp³-hybridized carbons (Fsp3) is 0.333. The van der Waals surface area contributed by atoms with E-state index in [4.69, 9.17) is 9.90 Å². The second-order valence-corrected chi connectivity index (χ2v) is 6.92. The van der Waals surface area contributed by atoms with Gasteiger partial charge in [-0.15, -0.1) is 0 Å². The molecule has 0 amide bonds. The minimum absolute atomic E-state index is 0.107. The molecule has 0 bridgehead atoms. The first kappa shape index (κ1) is 20.5. The maximum atomic E-state index is 11.6. The van der Waals surface area contributed by atoms with Crippen LogP contribution in [0.15, 0.2) is 42.6 Å². The first-order valence-electron chi connectivity index (χ1n) is 8.58. The third-order valence-corrected chi connectivity index (χ3v) is 4.77. The maximum Gasteiger partial charge on any atom is 0.490 e. The molecule has 1 aromatic heterocycles. The van der Waals surface area contributed by atoms with E-state index in [2.05, 4.69) is 10.3 Å². The summed E-state index contributed by atoms with van der Waals surface area (Å²) in [5.74, 6) is -2.27. The molecular formula is C18H17F3N4O4. The van der Waals surface area contributed by atoms with E-state index in [0.29, 0.717) is 16.8 Å². The van der Waals surface area contributed by atoms with Crippen LogP contribution in [0.3, 0.4) is 0 Å². The van der Waals surface area contributed by atoms with Gasteiger partial charge in [0.25, 0.3) is 0 Å². The molecule has 2 saturated heterocycles. The molecule has 0 radical (unpaired) electrons. The van der Waals surface area contributed by atoms with E-state index in [-0.39, 0.29) is 10.6 Å². The van der Waals surface area contributed by atoms with Crippen LogP contribution in [0.5, 0.6) is 0 Å². The summed E-state index contributed by atoms with van der Waals surface area (Å²) in [6.07, 6.45) is -3.42. The smallest absolute Gasteiger partial charge is 0.475 e. The summed E-state index contributed by atoms with van der Waals surface area (Å²) >= 11 is 0. The predicted octanol–water partition coefficient (Wildman–Crippen LogP) is 2.70. The molecular weight excluding hydrogens is 393 g/mol. The van der Waals surface area contributed by atoms with Gasteiger partial charge in [-0.2, -0.15) is 13.2 Å². The number of nitro groups is 1. The Balaban J connectivity index is 0.000000298. The fourth-order valence-corrected chi connectivity index (χ4v) is 3.32. The van der Waals surface area contributed by atoms with Crippen molar-refractivity contribution < 1.29 is 28.0 Å². The normalized spacial score (nSPS) is 16.9. The van der Waals surface area contributed by atoms with Crippen molar-refractivity contribution in [1.29, 1.82) is 0 Å². The number of nitrogens with zero attached hydrogens (tertiary/aromatic N) is 3. The maximum absolute atomic E-state index is 11.6. The predicted molar refractivity (Wildman–Crippen MR) is 97.5 cm³/mol. The fourth-order valence-electron chi connectivity index (χ4n) is 3.32. The third kappa shape index (κ3) is 4.29. The van der Waals surface area contributed by atoms with Gasteiger partial charge in [0, 0.05) is 37.8 Å². The van der Waals surface area contributed by atoms with Crippen molar-refractivity contribution >= 4 is 17.5 Å². The number of pyridine rings is 1. The number of rotatable bonds is 3. The Morgan fingerprint density at radius 2 is 1.79 bits per heavy atom. The summed E-state index contributed by atoms with van der Waals surface area (Å²) in [4.78, 5) is 26.5. The van der Waals surface area contributed by atoms with Crippen LogP contribution in [0.25, 0.3) is 11.1 Å². The summed E-state index contributed by atoms with van der Waals surface area (Å²) in [6, 6.07) is 11.2. The average molecular weight is 410 g/mol. The molecule has 0 saturated carbocycles. The van der Waals surface area contributed by atoms with E-state index >= 15 is 0 Å². The number of carbonyl (C=O) groups is 1. The van der Waals surface area contributed by atoms with E-state index < -0.39 is 12.1 Å². The van der Waals surface area contributed by atoms with Gasteiger partial charge in [0.15, 0.2) is 0 Å². The minimum atomic E-state index is -5.08. The Hall–Kier alpha value is -3.21. The molecule has 0 aliphatic carbocycles. The molecule has 2 N–H and O–H groups in total. The highest BCUT2D eigenvalue weighted by Crippen LogP contribution is 2.43. The number of halogens is 3. The van der Waals surface area contributed by atoms with Crippen molar-refractivity contribution in [1.82, 2.24) is 10.3 Å². The van der Waals surface area contributed by atoms with Crippen LogP contribution in [-0.4, -0.2) is 53.3 Å². The van der Waals surface area contributed by atoms with Gasteiger partial charge in [-0.3, -0.25) is 10.1 Å². The molecule has 2 aliphatic rings. The first-order chi connectivity index (χ1) is 13.6. The number of carboxylic acids is 1. The van der Waals surface area contributed by atoms with E-state index in [1.807, 2.05) is 35.2 Å². The number of hydrogen-bond acceptors (Lipinski definition) is 6. The van der Waals surface area contributed by atoms with Crippen LogP contribution in [0, 0.1) is 15.5 Å². The summed E-state index contributed by atoms with van der Waals surface area (Å²) in [6.45, 7) is 3.67. The molecule has 1 spiro atoms. The Bertz CT molecular complexity index is 909. The number of alkyl halides is 3. The van der Waals surface area contributed by atoms with Crippen molar-refractivity contribution in [2.24, 2.45) is 5.41 Å². The monoisotopic (exact) mass is 410 g/mol. The van der Waals surface area contributed by atoms with Gasteiger partial charge in [0.2, 0.25) is 5.82 Å². The molecule has 0 atom stereocenters. The van der Waals surface area contributed by atoms with E-state index in [9.17, 15) is 23.3 Å². The highest BCUT2D eigenvalue weighted by atomic mass is 19.4. The lowest BCUT2D eigenvalue weighted by Gasteiger charge is -2.56. The zero-order valence-electron chi connectivity index (χ0n) is 15.0. The highest BCUT2D eigenvalue weighted by Gasteiger charge is 2.49. The van der Waals surface area contributed by atoms with Crippen LogP contribution < -0.4 is 10.2 Å². The van der Waals surface area contributed by atoms with Crippen LogP contribution in [0.2, 0.25) is 0 Å². The van der Waals surface area contributed by atoms with Crippen LogP contribution >= 0.6 is 0 Å². The second kappa shape index (κ2) is 7.66. The summed E-state index contributed by atoms with van der Waals surface area (Å²) in [5, 5.41) is 22.0. The van der Waals surface area contributed by atoms with Crippen molar-refractivity contribution in [3.05, 3.63) is 52.7 Å². The van der Waals surface area contributed by atoms with Crippen molar-refractivity contribution in [3.8, 4) is 11.1 Å². The summed E-state index contributed by atoms with van der Waals surface area (Å²) < 4.78 is 31.7. The lowest BCUT2D eigenvalue weighted by Crippen LogP contribution is -2.71. The number of carboxylic acid groups (broad SMARTS) is 1. The van der Waals surface area contributed by atoms with Crippen molar-refractivity contribution in [3.63, 3.8) is 0 Å². The van der Waals surface area contributed by atoms with E-state index in [1.165, 1.54) is 0 Å². The zero-order valence-corrected chi connectivity index (χ0v) is 15.0. The molecule has 0 unspecified atom stereocenters. The number of aromatic nitrogens is 1. The molecule has 2 aliphatic heterocycles. The number of nitrogens with one attached hydrogen (secondary N) is 1. The number of aliphatic carboxylic acids is 1. The Kier molecular flexibility index (Phi) is 5.42. The van der Waals surface area contributed by atoms with Crippen LogP contribution in [0.1, 0.15) is 0 Å². The lowest BCUT2D eigenvalue weighted by atomic mass is 9.74.